The number of aromatic nitrogens is 1. The van der Waals surface area contributed by atoms with Crippen LogP contribution < -0.4 is 11.1 Å². The molecule has 1 atom stereocenters. The number of nitrogens with one attached hydrogen (secondary N) is 1. The van der Waals surface area contributed by atoms with Crippen LogP contribution in [-0.2, 0) is 15.7 Å². The Morgan fingerprint density at radius 3 is 2.58 bits per heavy atom. The molecule has 3 N–H and O–H groups in total. The minimum absolute atomic E-state index is 0. The van der Waals surface area contributed by atoms with Gasteiger partial charge in [0.2, 0.25) is 5.91 Å². The predicted octanol–water partition coefficient (Wildman–Crippen LogP) is 2.91. The van der Waals surface area contributed by atoms with E-state index in [-0.39, 0.29) is 29.9 Å². The van der Waals surface area contributed by atoms with Crippen LogP contribution in [0.4, 0.5) is 13.2 Å². The van der Waals surface area contributed by atoms with E-state index in [2.05, 4.69) is 10.3 Å². The van der Waals surface area contributed by atoms with Crippen molar-refractivity contribution < 1.29 is 22.7 Å². The van der Waals surface area contributed by atoms with E-state index in [1.807, 2.05) is 0 Å². The van der Waals surface area contributed by atoms with Gasteiger partial charge in [0.1, 0.15) is 5.01 Å². The van der Waals surface area contributed by atoms with E-state index < -0.39 is 23.3 Å². The highest BCUT2D eigenvalue weighted by atomic mass is 35.5. The maximum absolute atomic E-state index is 12.7. The molecule has 1 amide bonds. The average molecular weight is 388 g/mol. The minimum Gasteiger partial charge on any atom is -0.381 e. The molecule has 1 fully saturated rings. The first-order chi connectivity index (χ1) is 10.8. The molecule has 0 spiro atoms. The first kappa shape index (κ1) is 21.1. The monoisotopic (exact) mass is 387 g/mol. The van der Waals surface area contributed by atoms with Gasteiger partial charge >= 0.3 is 6.18 Å². The largest absolute Gasteiger partial charge is 0.434 e. The normalized spacial score (nSPS) is 18.5. The highest BCUT2D eigenvalue weighted by Crippen LogP contribution is 2.34. The van der Waals surface area contributed by atoms with Crippen molar-refractivity contribution in [2.45, 2.75) is 38.4 Å². The molecule has 1 aromatic heterocycles. The Morgan fingerprint density at radius 2 is 2.12 bits per heavy atom. The number of carbonyl (C=O) groups excluding carboxylic acids is 1. The molecule has 1 aromatic rings. The molecule has 1 saturated heterocycles. The van der Waals surface area contributed by atoms with Crippen LogP contribution in [0.2, 0.25) is 0 Å². The summed E-state index contributed by atoms with van der Waals surface area (Å²) in [5.41, 5.74) is 4.14. The molecule has 10 heteroatoms. The number of rotatable bonds is 5. The lowest BCUT2D eigenvalue weighted by Gasteiger charge is -2.35. The number of nitrogens with two attached hydrogens (primary N) is 1. The highest BCUT2D eigenvalue weighted by molar-refractivity contribution is 7.09. The van der Waals surface area contributed by atoms with Gasteiger partial charge < -0.3 is 15.8 Å². The van der Waals surface area contributed by atoms with E-state index in [0.29, 0.717) is 32.5 Å². The van der Waals surface area contributed by atoms with Crippen molar-refractivity contribution in [2.24, 2.45) is 11.1 Å². The van der Waals surface area contributed by atoms with Crippen LogP contribution in [0.3, 0.4) is 0 Å². The van der Waals surface area contributed by atoms with Crippen LogP contribution in [0.25, 0.3) is 0 Å². The molecule has 1 aliphatic rings. The standard InChI is InChI=1S/C14H20F3N3O2S.ClH/c1-2-9(11-20-10(7-23-11)14(15,16)17)19-12(21)13(8-18)3-5-22-6-4-13;/h7,9H,2-6,8,18H2,1H3,(H,19,21);1H. The summed E-state index contributed by atoms with van der Waals surface area (Å²) in [6, 6.07) is -0.546. The molecule has 0 saturated carbocycles. The van der Waals surface area contributed by atoms with Gasteiger partial charge in [-0.05, 0) is 19.3 Å². The first-order valence-corrected chi connectivity index (χ1v) is 8.32. The van der Waals surface area contributed by atoms with E-state index >= 15 is 0 Å². The molecule has 0 bridgehead atoms. The van der Waals surface area contributed by atoms with E-state index in [1.54, 1.807) is 6.92 Å². The maximum atomic E-state index is 12.7. The van der Waals surface area contributed by atoms with Gasteiger partial charge in [-0.2, -0.15) is 13.2 Å². The molecule has 1 aliphatic heterocycles. The number of alkyl halides is 3. The minimum atomic E-state index is -4.48. The van der Waals surface area contributed by atoms with Gasteiger partial charge in [-0.15, -0.1) is 23.7 Å². The summed E-state index contributed by atoms with van der Waals surface area (Å²) >= 11 is 0.902. The summed E-state index contributed by atoms with van der Waals surface area (Å²) in [5, 5.41) is 4.04. The zero-order valence-corrected chi connectivity index (χ0v) is 14.8. The van der Waals surface area contributed by atoms with Gasteiger partial charge in [0.15, 0.2) is 5.69 Å². The fraction of sp³-hybridized carbons (Fsp3) is 0.714. The number of amides is 1. The van der Waals surface area contributed by atoms with Crippen LogP contribution in [0.15, 0.2) is 5.38 Å². The van der Waals surface area contributed by atoms with Crippen LogP contribution in [0, 0.1) is 5.41 Å². The van der Waals surface area contributed by atoms with Crippen molar-refractivity contribution in [3.63, 3.8) is 0 Å². The summed E-state index contributed by atoms with van der Waals surface area (Å²) in [5.74, 6) is -0.237. The Balaban J connectivity index is 0.00000288. The van der Waals surface area contributed by atoms with Gasteiger partial charge in [-0.1, -0.05) is 6.92 Å². The lowest BCUT2D eigenvalue weighted by Crippen LogP contribution is -2.49. The molecule has 0 aliphatic carbocycles. The summed E-state index contributed by atoms with van der Waals surface area (Å²) in [6.07, 6.45) is -3.00. The summed E-state index contributed by atoms with van der Waals surface area (Å²) in [4.78, 5) is 16.2. The van der Waals surface area contributed by atoms with Crippen molar-refractivity contribution in [1.82, 2.24) is 10.3 Å². The Bertz CT molecular complexity index is 548. The Kier molecular flexibility index (Phi) is 7.45. The van der Waals surface area contributed by atoms with Crippen LogP contribution in [0.1, 0.15) is 42.9 Å². The molecule has 0 radical (unpaired) electrons. The fourth-order valence-electron chi connectivity index (χ4n) is 2.51. The first-order valence-electron chi connectivity index (χ1n) is 7.44. The molecule has 138 valence electrons. The lowest BCUT2D eigenvalue weighted by molar-refractivity contribution is -0.140. The molecular formula is C14H21ClF3N3O2S. The van der Waals surface area contributed by atoms with E-state index in [4.69, 9.17) is 10.5 Å². The quantitative estimate of drug-likeness (QED) is 0.814. The van der Waals surface area contributed by atoms with E-state index in [1.165, 1.54) is 0 Å². The number of hydrogen-bond acceptors (Lipinski definition) is 5. The van der Waals surface area contributed by atoms with Crippen LogP contribution >= 0.6 is 23.7 Å². The maximum Gasteiger partial charge on any atom is 0.434 e. The van der Waals surface area contributed by atoms with Crippen LogP contribution in [-0.4, -0.2) is 30.6 Å². The highest BCUT2D eigenvalue weighted by Gasteiger charge is 2.40. The zero-order valence-electron chi connectivity index (χ0n) is 13.2. The molecular weight excluding hydrogens is 367 g/mol. The number of halogens is 4. The Hall–Kier alpha value is -0.900. The van der Waals surface area contributed by atoms with E-state index in [9.17, 15) is 18.0 Å². The van der Waals surface area contributed by atoms with Crippen molar-refractivity contribution in [3.05, 3.63) is 16.1 Å². The van der Waals surface area contributed by atoms with Crippen LogP contribution in [0.5, 0.6) is 0 Å². The number of nitrogens with zero attached hydrogens (tertiary/aromatic N) is 1. The summed E-state index contributed by atoms with van der Waals surface area (Å²) < 4.78 is 43.3. The zero-order chi connectivity index (χ0) is 17.1. The smallest absolute Gasteiger partial charge is 0.381 e. The molecule has 2 heterocycles. The van der Waals surface area contributed by atoms with Gasteiger partial charge in [-0.3, -0.25) is 4.79 Å². The number of carbonyl (C=O) groups is 1. The summed E-state index contributed by atoms with van der Waals surface area (Å²) in [7, 11) is 0. The van der Waals surface area contributed by atoms with Gasteiger partial charge in [0.05, 0.1) is 11.5 Å². The second kappa shape index (κ2) is 8.46. The van der Waals surface area contributed by atoms with Gasteiger partial charge in [-0.25, -0.2) is 4.98 Å². The molecule has 5 nitrogen and oxygen atoms in total. The third-order valence-corrected chi connectivity index (χ3v) is 5.10. The number of hydrogen-bond donors (Lipinski definition) is 2. The van der Waals surface area contributed by atoms with Crippen molar-refractivity contribution in [2.75, 3.05) is 19.8 Å². The molecule has 24 heavy (non-hydrogen) atoms. The second-order valence-electron chi connectivity index (χ2n) is 5.60. The van der Waals surface area contributed by atoms with E-state index in [0.717, 1.165) is 16.7 Å². The summed E-state index contributed by atoms with van der Waals surface area (Å²) in [6.45, 7) is 2.89. The van der Waals surface area contributed by atoms with Crippen molar-refractivity contribution in [3.8, 4) is 0 Å². The van der Waals surface area contributed by atoms with Gasteiger partial charge in [0.25, 0.3) is 0 Å². The van der Waals surface area contributed by atoms with Crippen molar-refractivity contribution in [1.29, 1.82) is 0 Å². The molecule has 0 aromatic carbocycles. The average Bonchev–Trinajstić information content (AvgIpc) is 3.03. The molecule has 2 rings (SSSR count). The second-order valence-corrected chi connectivity index (χ2v) is 6.49. The number of thiazole rings is 1. The molecule has 1 unspecified atom stereocenters. The third-order valence-electron chi connectivity index (χ3n) is 4.15. The fourth-order valence-corrected chi connectivity index (χ4v) is 3.47. The Labute approximate surface area is 148 Å². The van der Waals surface area contributed by atoms with Crippen molar-refractivity contribution >= 4 is 29.7 Å². The predicted molar refractivity (Wildman–Crippen MR) is 87.1 cm³/mol. The SMILES string of the molecule is CCC(NC(=O)C1(CN)CCOCC1)c1nc(C(F)(F)F)cs1.Cl. The van der Waals surface area contributed by atoms with Gasteiger partial charge in [0, 0.05) is 25.1 Å². The Morgan fingerprint density at radius 1 is 1.50 bits per heavy atom. The third kappa shape index (κ3) is 4.59. The number of ether oxygens (including phenoxy) is 1. The lowest BCUT2D eigenvalue weighted by atomic mass is 9.79. The topological polar surface area (TPSA) is 77.2 Å².